The molecule has 1 heterocycles. The largest absolute Gasteiger partial charge is 0.437 e. The molecule has 0 aliphatic rings. The summed E-state index contributed by atoms with van der Waals surface area (Å²) >= 11 is 0. The summed E-state index contributed by atoms with van der Waals surface area (Å²) < 4.78 is 5.65. The Hall–Kier alpha value is -1.83. The lowest BCUT2D eigenvalue weighted by molar-refractivity contribution is 0.623. The summed E-state index contributed by atoms with van der Waals surface area (Å²) in [4.78, 5) is 3.90. The van der Waals surface area contributed by atoms with Crippen molar-refractivity contribution >= 4 is 29.6 Å². The van der Waals surface area contributed by atoms with Gasteiger partial charge < -0.3 is 4.42 Å². The Labute approximate surface area is 88.9 Å². The van der Waals surface area contributed by atoms with Crippen molar-refractivity contribution in [3.63, 3.8) is 0 Å². The van der Waals surface area contributed by atoms with Crippen LogP contribution in [0.4, 0.5) is 5.88 Å². The van der Waals surface area contributed by atoms with E-state index in [4.69, 9.17) is 4.42 Å². The van der Waals surface area contributed by atoms with E-state index in [0.717, 1.165) is 22.1 Å². The van der Waals surface area contributed by atoms with E-state index < -0.39 is 0 Å². The Morgan fingerprint density at radius 3 is 2.87 bits per heavy atom. The molecule has 0 aliphatic heterocycles. The molecule has 2 rings (SSSR count). The lowest BCUT2D eigenvalue weighted by Gasteiger charge is -1.92. The molecular weight excluding hydrogens is 186 g/mol. The zero-order chi connectivity index (χ0) is 10.8. The molecule has 0 atom stereocenters. The second-order valence-electron chi connectivity index (χ2n) is 3.43. The molecule has 0 radical (unpaired) electrons. The number of benzene rings is 1. The first kappa shape index (κ1) is 9.71. The number of rotatable bonds is 2. The van der Waals surface area contributed by atoms with Crippen LogP contribution in [0.1, 0.15) is 18.1 Å². The molecule has 0 unspecified atom stereocenters. The molecule has 2 aromatic rings. The number of furan rings is 1. The fourth-order valence-corrected chi connectivity index (χ4v) is 1.71. The summed E-state index contributed by atoms with van der Waals surface area (Å²) in [6, 6.07) is 6.08. The molecule has 76 valence electrons. The van der Waals surface area contributed by atoms with Gasteiger partial charge in [0.1, 0.15) is 5.58 Å². The van der Waals surface area contributed by atoms with Crippen LogP contribution in [-0.4, -0.2) is 6.72 Å². The van der Waals surface area contributed by atoms with Gasteiger partial charge in [-0.05, 0) is 26.1 Å². The molecule has 0 saturated carbocycles. The van der Waals surface area contributed by atoms with Crippen molar-refractivity contribution in [1.82, 2.24) is 0 Å². The molecule has 2 heteroatoms. The molecule has 2 nitrogen and oxygen atoms in total. The summed E-state index contributed by atoms with van der Waals surface area (Å²) in [7, 11) is 0. The van der Waals surface area contributed by atoms with Gasteiger partial charge in [0, 0.05) is 10.9 Å². The number of hydrogen-bond acceptors (Lipinski definition) is 2. The second kappa shape index (κ2) is 3.73. The number of allylic oxidation sites excluding steroid dienone is 1. The third kappa shape index (κ3) is 1.48. The first-order chi connectivity index (χ1) is 7.27. The quantitative estimate of drug-likeness (QED) is 0.668. The second-order valence-corrected chi connectivity index (χ2v) is 3.43. The molecule has 0 spiro atoms. The van der Waals surface area contributed by atoms with Crippen molar-refractivity contribution in [2.75, 3.05) is 0 Å². The van der Waals surface area contributed by atoms with Crippen LogP contribution >= 0.6 is 0 Å². The number of nitrogens with zero attached hydrogens (tertiary/aromatic N) is 1. The first-order valence-corrected chi connectivity index (χ1v) is 4.89. The highest BCUT2D eigenvalue weighted by atomic mass is 16.3. The molecule has 0 amide bonds. The molecule has 0 aliphatic carbocycles. The molecule has 0 bridgehead atoms. The fraction of sp³-hybridized carbons (Fsp3) is 0.154. The highest BCUT2D eigenvalue weighted by molar-refractivity contribution is 5.93. The van der Waals surface area contributed by atoms with E-state index in [1.54, 1.807) is 0 Å². The van der Waals surface area contributed by atoms with Crippen molar-refractivity contribution in [1.29, 1.82) is 0 Å². The van der Waals surface area contributed by atoms with Crippen LogP contribution in [0.15, 0.2) is 33.7 Å². The predicted octanol–water partition coefficient (Wildman–Crippen LogP) is 4.11. The molecule has 15 heavy (non-hydrogen) atoms. The van der Waals surface area contributed by atoms with Crippen LogP contribution in [0.25, 0.3) is 17.0 Å². The molecule has 0 fully saturated rings. The monoisotopic (exact) mass is 199 g/mol. The van der Waals surface area contributed by atoms with Crippen molar-refractivity contribution in [2.45, 2.75) is 13.8 Å². The Morgan fingerprint density at radius 2 is 2.20 bits per heavy atom. The van der Waals surface area contributed by atoms with Crippen LogP contribution in [0.5, 0.6) is 0 Å². The number of fused-ring (bicyclic) bond motifs is 1. The maximum absolute atomic E-state index is 5.65. The van der Waals surface area contributed by atoms with E-state index in [1.165, 1.54) is 0 Å². The van der Waals surface area contributed by atoms with Gasteiger partial charge in [-0.2, -0.15) is 0 Å². The maximum Gasteiger partial charge on any atom is 0.226 e. The average molecular weight is 199 g/mol. The smallest absolute Gasteiger partial charge is 0.226 e. The van der Waals surface area contributed by atoms with Gasteiger partial charge in [-0.15, -0.1) is 0 Å². The highest BCUT2D eigenvalue weighted by Gasteiger charge is 2.11. The normalized spacial score (nSPS) is 11.3. The zero-order valence-electron chi connectivity index (χ0n) is 8.95. The van der Waals surface area contributed by atoms with E-state index in [-0.39, 0.29) is 0 Å². The van der Waals surface area contributed by atoms with E-state index in [0.29, 0.717) is 5.88 Å². The maximum atomic E-state index is 5.65. The van der Waals surface area contributed by atoms with E-state index >= 15 is 0 Å². The summed E-state index contributed by atoms with van der Waals surface area (Å²) in [5.74, 6) is 0.595. The minimum atomic E-state index is 0.595. The minimum Gasteiger partial charge on any atom is -0.437 e. The van der Waals surface area contributed by atoms with Gasteiger partial charge in [0.05, 0.1) is 0 Å². The van der Waals surface area contributed by atoms with Gasteiger partial charge in [0.25, 0.3) is 0 Å². The van der Waals surface area contributed by atoms with Gasteiger partial charge in [-0.1, -0.05) is 30.4 Å². The van der Waals surface area contributed by atoms with E-state index in [9.17, 15) is 0 Å². The first-order valence-electron chi connectivity index (χ1n) is 4.89. The lowest BCUT2D eigenvalue weighted by Crippen LogP contribution is -1.72. The highest BCUT2D eigenvalue weighted by Crippen LogP contribution is 2.34. The topological polar surface area (TPSA) is 25.5 Å². The van der Waals surface area contributed by atoms with Gasteiger partial charge in [0.15, 0.2) is 0 Å². The SMILES string of the molecule is C=Nc1oc2c(C)cccc2c1C=CC. The number of hydrogen-bond donors (Lipinski definition) is 0. The van der Waals surface area contributed by atoms with E-state index in [1.807, 2.05) is 44.2 Å². The van der Waals surface area contributed by atoms with Crippen LogP contribution < -0.4 is 0 Å². The number of aryl methyl sites for hydroxylation is 1. The molecule has 1 aromatic heterocycles. The molecular formula is C13H13NO. The minimum absolute atomic E-state index is 0.595. The van der Waals surface area contributed by atoms with Crippen LogP contribution in [0.3, 0.4) is 0 Å². The summed E-state index contributed by atoms with van der Waals surface area (Å²) in [6.07, 6.45) is 3.97. The van der Waals surface area contributed by atoms with Gasteiger partial charge >= 0.3 is 0 Å². The molecule has 0 N–H and O–H groups in total. The zero-order valence-corrected chi connectivity index (χ0v) is 8.95. The average Bonchev–Trinajstić information content (AvgIpc) is 2.59. The summed E-state index contributed by atoms with van der Waals surface area (Å²) in [5.41, 5.74) is 3.02. The number of para-hydroxylation sites is 1. The predicted molar refractivity (Wildman–Crippen MR) is 64.9 cm³/mol. The summed E-state index contributed by atoms with van der Waals surface area (Å²) in [5, 5.41) is 1.09. The lowest BCUT2D eigenvalue weighted by atomic mass is 10.1. The Morgan fingerprint density at radius 1 is 1.40 bits per heavy atom. The van der Waals surface area contributed by atoms with Gasteiger partial charge in [0.2, 0.25) is 5.88 Å². The van der Waals surface area contributed by atoms with Crippen molar-refractivity contribution in [2.24, 2.45) is 4.99 Å². The Balaban J connectivity index is 2.85. The van der Waals surface area contributed by atoms with Crippen LogP contribution in [-0.2, 0) is 0 Å². The standard InChI is InChI=1S/C13H13NO/c1-4-6-11-10-8-5-7-9(2)12(10)15-13(11)14-3/h4-8H,3H2,1-2H3. The van der Waals surface area contributed by atoms with Crippen molar-refractivity contribution in [3.8, 4) is 0 Å². The third-order valence-corrected chi connectivity index (χ3v) is 2.41. The van der Waals surface area contributed by atoms with Gasteiger partial charge in [-0.25, -0.2) is 4.99 Å². The third-order valence-electron chi connectivity index (χ3n) is 2.41. The fourth-order valence-electron chi connectivity index (χ4n) is 1.71. The van der Waals surface area contributed by atoms with Gasteiger partial charge in [-0.3, -0.25) is 0 Å². The van der Waals surface area contributed by atoms with Crippen molar-refractivity contribution in [3.05, 3.63) is 35.4 Å². The molecule has 0 saturated heterocycles. The Bertz CT molecular complexity index is 535. The molecule has 1 aromatic carbocycles. The summed E-state index contributed by atoms with van der Waals surface area (Å²) in [6.45, 7) is 7.52. The van der Waals surface area contributed by atoms with Crippen molar-refractivity contribution < 1.29 is 4.42 Å². The van der Waals surface area contributed by atoms with Crippen LogP contribution in [0.2, 0.25) is 0 Å². The Kier molecular flexibility index (Phi) is 2.42. The number of aliphatic imine (C=N–C) groups is 1. The van der Waals surface area contributed by atoms with E-state index in [2.05, 4.69) is 11.7 Å². The van der Waals surface area contributed by atoms with Crippen LogP contribution in [0, 0.1) is 6.92 Å².